The van der Waals surface area contributed by atoms with Gasteiger partial charge in [-0.1, -0.05) is 66.7 Å². The van der Waals surface area contributed by atoms with Crippen molar-refractivity contribution in [2.75, 3.05) is 13.6 Å². The summed E-state index contributed by atoms with van der Waals surface area (Å²) in [4.78, 5) is 31.0. The van der Waals surface area contributed by atoms with E-state index in [1.165, 1.54) is 0 Å². The van der Waals surface area contributed by atoms with Crippen molar-refractivity contribution in [3.63, 3.8) is 0 Å². The van der Waals surface area contributed by atoms with Crippen LogP contribution in [0.5, 0.6) is 0 Å². The number of amides is 2. The van der Waals surface area contributed by atoms with Crippen molar-refractivity contribution < 1.29 is 9.59 Å². The molecule has 0 aliphatic heterocycles. The third-order valence-electron chi connectivity index (χ3n) is 4.51. The number of nitrogens with zero attached hydrogens (tertiary/aromatic N) is 2. The summed E-state index contributed by atoms with van der Waals surface area (Å²) in [6.45, 7) is -0.0572. The van der Waals surface area contributed by atoms with Gasteiger partial charge in [-0.15, -0.1) is 0 Å². The van der Waals surface area contributed by atoms with Gasteiger partial charge in [0.15, 0.2) is 0 Å². The summed E-state index contributed by atoms with van der Waals surface area (Å²) in [5, 5.41) is 2.72. The Bertz CT molecular complexity index is 859. The van der Waals surface area contributed by atoms with Gasteiger partial charge >= 0.3 is 0 Å². The minimum atomic E-state index is -0.319. The number of benzene rings is 2. The van der Waals surface area contributed by atoms with E-state index in [4.69, 9.17) is 0 Å². The molecular formula is C23H23N3O2. The predicted molar refractivity (Wildman–Crippen MR) is 108 cm³/mol. The molecule has 1 N–H and O–H groups in total. The summed E-state index contributed by atoms with van der Waals surface area (Å²) in [7, 11) is 1.73. The second-order valence-corrected chi connectivity index (χ2v) is 6.51. The van der Waals surface area contributed by atoms with Gasteiger partial charge in [-0.3, -0.25) is 14.6 Å². The van der Waals surface area contributed by atoms with E-state index in [0.29, 0.717) is 0 Å². The highest BCUT2D eigenvalue weighted by atomic mass is 16.2. The molecule has 0 saturated carbocycles. The van der Waals surface area contributed by atoms with Crippen LogP contribution in [-0.4, -0.2) is 35.3 Å². The minimum absolute atomic E-state index is 0.0572. The molecule has 0 fully saturated rings. The van der Waals surface area contributed by atoms with E-state index in [-0.39, 0.29) is 30.8 Å². The van der Waals surface area contributed by atoms with E-state index in [0.717, 1.165) is 16.8 Å². The molecular weight excluding hydrogens is 350 g/mol. The molecule has 0 unspecified atom stereocenters. The van der Waals surface area contributed by atoms with Crippen LogP contribution in [0.1, 0.15) is 22.9 Å². The van der Waals surface area contributed by atoms with Gasteiger partial charge in [-0.2, -0.15) is 0 Å². The van der Waals surface area contributed by atoms with Crippen molar-refractivity contribution in [3.05, 3.63) is 102 Å². The Labute approximate surface area is 165 Å². The molecule has 0 radical (unpaired) electrons. The predicted octanol–water partition coefficient (Wildman–Crippen LogP) is 2.99. The number of carbonyl (C=O) groups excluding carboxylic acids is 2. The lowest BCUT2D eigenvalue weighted by Crippen LogP contribution is -2.40. The number of aromatic nitrogens is 1. The fourth-order valence-electron chi connectivity index (χ4n) is 3.05. The molecule has 5 nitrogen and oxygen atoms in total. The zero-order chi connectivity index (χ0) is 19.8. The van der Waals surface area contributed by atoms with Crippen LogP contribution in [0.15, 0.2) is 85.1 Å². The topological polar surface area (TPSA) is 62.3 Å². The van der Waals surface area contributed by atoms with Crippen LogP contribution in [0.25, 0.3) is 0 Å². The van der Waals surface area contributed by atoms with Gasteiger partial charge < -0.3 is 10.2 Å². The molecule has 3 aromatic rings. The maximum Gasteiger partial charge on any atom is 0.242 e. The van der Waals surface area contributed by atoms with Crippen molar-refractivity contribution in [1.82, 2.24) is 15.2 Å². The highest BCUT2D eigenvalue weighted by Gasteiger charge is 2.24. The highest BCUT2D eigenvalue weighted by Crippen LogP contribution is 2.25. The lowest BCUT2D eigenvalue weighted by Gasteiger charge is -2.28. The van der Waals surface area contributed by atoms with Crippen LogP contribution in [0.3, 0.4) is 0 Å². The molecule has 0 spiro atoms. The van der Waals surface area contributed by atoms with E-state index in [2.05, 4.69) is 10.3 Å². The van der Waals surface area contributed by atoms with Crippen molar-refractivity contribution >= 4 is 11.8 Å². The highest BCUT2D eigenvalue weighted by molar-refractivity contribution is 5.86. The normalized spacial score (nSPS) is 11.5. The third kappa shape index (κ3) is 5.04. The van der Waals surface area contributed by atoms with E-state index >= 15 is 0 Å². The summed E-state index contributed by atoms with van der Waals surface area (Å²) >= 11 is 0. The summed E-state index contributed by atoms with van der Waals surface area (Å²) in [6.07, 6.45) is 1.96. The van der Waals surface area contributed by atoms with Crippen LogP contribution in [0.4, 0.5) is 0 Å². The van der Waals surface area contributed by atoms with E-state index < -0.39 is 0 Å². The van der Waals surface area contributed by atoms with Gasteiger partial charge in [0.1, 0.15) is 0 Å². The smallest absolute Gasteiger partial charge is 0.242 e. The Hall–Kier alpha value is -3.47. The molecule has 1 aromatic heterocycles. The first-order chi connectivity index (χ1) is 13.6. The lowest BCUT2D eigenvalue weighted by molar-refractivity contribution is -0.133. The monoisotopic (exact) mass is 373 g/mol. The Morgan fingerprint density at radius 1 is 0.929 bits per heavy atom. The van der Waals surface area contributed by atoms with Crippen LogP contribution >= 0.6 is 0 Å². The SMILES string of the molecule is CN(C(=O)CNC(=O)Cc1ccccc1)[C@@H](c1ccccc1)c1ccccn1. The lowest BCUT2D eigenvalue weighted by atomic mass is 10.0. The van der Waals surface area contributed by atoms with Crippen LogP contribution in [0, 0.1) is 0 Å². The second-order valence-electron chi connectivity index (χ2n) is 6.51. The molecule has 0 saturated heterocycles. The van der Waals surface area contributed by atoms with Gasteiger partial charge in [0.05, 0.1) is 24.7 Å². The molecule has 2 aromatic carbocycles. The summed E-state index contributed by atoms with van der Waals surface area (Å²) in [5.41, 5.74) is 2.66. The number of pyridine rings is 1. The molecule has 0 bridgehead atoms. The molecule has 1 atom stereocenters. The number of nitrogens with one attached hydrogen (secondary N) is 1. The average molecular weight is 373 g/mol. The first-order valence-electron chi connectivity index (χ1n) is 9.17. The van der Waals surface area contributed by atoms with E-state index in [9.17, 15) is 9.59 Å². The van der Waals surface area contributed by atoms with Crippen molar-refractivity contribution in [1.29, 1.82) is 0 Å². The molecule has 0 aliphatic carbocycles. The van der Waals surface area contributed by atoms with Gasteiger partial charge in [-0.05, 0) is 23.3 Å². The first-order valence-corrected chi connectivity index (χ1v) is 9.17. The zero-order valence-electron chi connectivity index (χ0n) is 15.8. The molecule has 142 valence electrons. The Morgan fingerprint density at radius 3 is 2.21 bits per heavy atom. The van der Waals surface area contributed by atoms with Crippen molar-refractivity contribution in [2.45, 2.75) is 12.5 Å². The van der Waals surface area contributed by atoms with Gasteiger partial charge in [-0.25, -0.2) is 0 Å². The van der Waals surface area contributed by atoms with Gasteiger partial charge in [0.2, 0.25) is 11.8 Å². The maximum atomic E-state index is 12.8. The van der Waals surface area contributed by atoms with Crippen LogP contribution < -0.4 is 5.32 Å². The molecule has 3 rings (SSSR count). The average Bonchev–Trinajstić information content (AvgIpc) is 2.74. The molecule has 2 amide bonds. The maximum absolute atomic E-state index is 12.8. The standard InChI is InChI=1S/C23H23N3O2/c1-26(22(28)17-25-21(27)16-18-10-4-2-5-11-18)23(19-12-6-3-7-13-19)20-14-8-9-15-24-20/h2-15,23H,16-17H2,1H3,(H,25,27)/t23-/m0/s1. The number of hydrogen-bond acceptors (Lipinski definition) is 3. The number of rotatable bonds is 7. The fourth-order valence-corrected chi connectivity index (χ4v) is 3.05. The molecule has 5 heteroatoms. The van der Waals surface area contributed by atoms with Crippen LogP contribution in [-0.2, 0) is 16.0 Å². The second kappa shape index (κ2) is 9.46. The molecule has 0 aliphatic rings. The summed E-state index contributed by atoms with van der Waals surface area (Å²) < 4.78 is 0. The fraction of sp³-hybridized carbons (Fsp3) is 0.174. The third-order valence-corrected chi connectivity index (χ3v) is 4.51. The summed E-state index contributed by atoms with van der Waals surface area (Å²) in [5.74, 6) is -0.358. The minimum Gasteiger partial charge on any atom is -0.347 e. The Kier molecular flexibility index (Phi) is 6.52. The van der Waals surface area contributed by atoms with Crippen molar-refractivity contribution in [2.24, 2.45) is 0 Å². The van der Waals surface area contributed by atoms with Gasteiger partial charge in [0, 0.05) is 13.2 Å². The Morgan fingerprint density at radius 2 is 1.57 bits per heavy atom. The van der Waals surface area contributed by atoms with Gasteiger partial charge in [0.25, 0.3) is 0 Å². The zero-order valence-corrected chi connectivity index (χ0v) is 15.8. The molecule has 28 heavy (non-hydrogen) atoms. The Balaban J connectivity index is 1.68. The number of carbonyl (C=O) groups is 2. The number of hydrogen-bond donors (Lipinski definition) is 1. The quantitative estimate of drug-likeness (QED) is 0.693. The first kappa shape index (κ1) is 19.3. The number of likely N-dealkylation sites (N-methyl/N-ethyl adjacent to an activating group) is 1. The largest absolute Gasteiger partial charge is 0.347 e. The van der Waals surface area contributed by atoms with E-state index in [1.54, 1.807) is 18.1 Å². The summed E-state index contributed by atoms with van der Waals surface area (Å²) in [6, 6.07) is 24.5. The van der Waals surface area contributed by atoms with Crippen molar-refractivity contribution in [3.8, 4) is 0 Å². The molecule has 1 heterocycles. The van der Waals surface area contributed by atoms with E-state index in [1.807, 2.05) is 78.9 Å². The van der Waals surface area contributed by atoms with Crippen LogP contribution in [0.2, 0.25) is 0 Å².